The summed E-state index contributed by atoms with van der Waals surface area (Å²) >= 11 is 0. The first-order valence-electron chi connectivity index (χ1n) is 12.4. The molecule has 2 fully saturated rings. The molecule has 6 heteroatoms. The molecule has 3 aliphatic rings. The Kier molecular flexibility index (Phi) is 6.34. The van der Waals surface area contributed by atoms with Gasteiger partial charge in [-0.3, -0.25) is 9.59 Å². The van der Waals surface area contributed by atoms with Gasteiger partial charge in [0, 0.05) is 12.6 Å². The first-order chi connectivity index (χ1) is 16.5. The van der Waals surface area contributed by atoms with Crippen LogP contribution >= 0.6 is 0 Å². The molecular weight excluding hydrogens is 430 g/mol. The van der Waals surface area contributed by atoms with Crippen molar-refractivity contribution in [2.45, 2.75) is 70.3 Å². The number of anilines is 1. The van der Waals surface area contributed by atoms with E-state index in [2.05, 4.69) is 29.6 Å². The summed E-state index contributed by atoms with van der Waals surface area (Å²) in [5.74, 6) is 0.347. The zero-order valence-electron chi connectivity index (χ0n) is 20.2. The lowest BCUT2D eigenvalue weighted by atomic mass is 9.81. The van der Waals surface area contributed by atoms with E-state index in [1.54, 1.807) is 0 Å². The Morgan fingerprint density at radius 1 is 1.18 bits per heavy atom. The molecule has 6 nitrogen and oxygen atoms in total. The van der Waals surface area contributed by atoms with Crippen molar-refractivity contribution in [1.29, 1.82) is 0 Å². The molecular formula is C28H33NO5. The van der Waals surface area contributed by atoms with Gasteiger partial charge in [-0.2, -0.15) is 0 Å². The smallest absolute Gasteiger partial charge is 0.315 e. The molecule has 2 aromatic rings. The fourth-order valence-corrected chi connectivity index (χ4v) is 5.01. The molecule has 34 heavy (non-hydrogen) atoms. The van der Waals surface area contributed by atoms with Crippen LogP contribution in [0, 0.1) is 6.92 Å². The molecule has 1 atom stereocenters. The molecule has 2 saturated carbocycles. The third-order valence-corrected chi connectivity index (χ3v) is 7.05. The monoisotopic (exact) mass is 463 g/mol. The van der Waals surface area contributed by atoms with E-state index >= 15 is 0 Å². The molecule has 2 aliphatic carbocycles. The maximum absolute atomic E-state index is 13.1. The summed E-state index contributed by atoms with van der Waals surface area (Å²) in [7, 11) is 1.43. The van der Waals surface area contributed by atoms with Crippen LogP contribution in [0.5, 0.6) is 5.75 Å². The van der Waals surface area contributed by atoms with E-state index in [0.29, 0.717) is 5.92 Å². The molecule has 0 aromatic heterocycles. The quantitative estimate of drug-likeness (QED) is 0.541. The lowest BCUT2D eigenvalue weighted by Gasteiger charge is -2.27. The van der Waals surface area contributed by atoms with Crippen LogP contribution in [0.2, 0.25) is 0 Å². The SMILES string of the molecule is COC(=O)C(COC1CC1)c1c(C)c(NC(C)=O)cc(C2CC2)c1-c1ccc2c(c1)CCCO2. The Balaban J connectivity index is 1.71. The number of benzene rings is 2. The molecule has 1 aliphatic heterocycles. The van der Waals surface area contributed by atoms with E-state index in [-0.39, 0.29) is 24.6 Å². The number of fused-ring (bicyclic) bond motifs is 1. The Morgan fingerprint density at radius 3 is 2.65 bits per heavy atom. The van der Waals surface area contributed by atoms with Gasteiger partial charge < -0.3 is 19.5 Å². The van der Waals surface area contributed by atoms with Crippen LogP contribution in [0.3, 0.4) is 0 Å². The van der Waals surface area contributed by atoms with Crippen molar-refractivity contribution in [1.82, 2.24) is 0 Å². The highest BCUT2D eigenvalue weighted by Crippen LogP contribution is 2.50. The standard InChI is InChI=1S/C28H33NO5/c1-16-24(29-17(2)30)14-22(18-6-7-18)27(20-8-11-25-19(13-20)5-4-12-33-25)26(16)23(28(31)32-3)15-34-21-9-10-21/h8,11,13-14,18,21,23H,4-7,9-10,12,15H2,1-3H3,(H,29,30). The number of hydrogen-bond acceptors (Lipinski definition) is 5. The second-order valence-electron chi connectivity index (χ2n) is 9.77. The summed E-state index contributed by atoms with van der Waals surface area (Å²) in [5.41, 5.74) is 7.09. The predicted octanol–water partition coefficient (Wildman–Crippen LogP) is 5.26. The Hall–Kier alpha value is -2.86. The number of methoxy groups -OCH3 is 1. The zero-order valence-corrected chi connectivity index (χ0v) is 20.2. The largest absolute Gasteiger partial charge is 0.493 e. The van der Waals surface area contributed by atoms with Gasteiger partial charge in [0.05, 0.1) is 26.4 Å². The lowest BCUT2D eigenvalue weighted by molar-refractivity contribution is -0.144. The second-order valence-corrected chi connectivity index (χ2v) is 9.77. The summed E-state index contributed by atoms with van der Waals surface area (Å²) < 4.78 is 17.2. The average molecular weight is 464 g/mol. The fourth-order valence-electron chi connectivity index (χ4n) is 5.01. The van der Waals surface area contributed by atoms with Crippen molar-refractivity contribution >= 4 is 17.6 Å². The third kappa shape index (κ3) is 4.69. The van der Waals surface area contributed by atoms with Gasteiger partial charge in [-0.15, -0.1) is 0 Å². The number of rotatable bonds is 8. The number of ether oxygens (including phenoxy) is 3. The van der Waals surface area contributed by atoms with Gasteiger partial charge >= 0.3 is 5.97 Å². The van der Waals surface area contributed by atoms with Gasteiger partial charge in [0.25, 0.3) is 0 Å². The summed E-state index contributed by atoms with van der Waals surface area (Å²) in [4.78, 5) is 25.2. The highest BCUT2D eigenvalue weighted by molar-refractivity contribution is 5.93. The van der Waals surface area contributed by atoms with E-state index in [0.717, 1.165) is 78.8 Å². The minimum Gasteiger partial charge on any atom is -0.493 e. The van der Waals surface area contributed by atoms with Gasteiger partial charge in [-0.1, -0.05) is 6.07 Å². The first-order valence-corrected chi connectivity index (χ1v) is 12.4. The number of esters is 1. The molecule has 1 heterocycles. The summed E-state index contributed by atoms with van der Waals surface area (Å²) in [6.45, 7) is 4.52. The van der Waals surface area contributed by atoms with Crippen LogP contribution in [0.4, 0.5) is 5.69 Å². The highest BCUT2D eigenvalue weighted by atomic mass is 16.5. The lowest BCUT2D eigenvalue weighted by Crippen LogP contribution is -2.23. The third-order valence-electron chi connectivity index (χ3n) is 7.05. The van der Waals surface area contributed by atoms with E-state index in [1.807, 2.05) is 6.92 Å². The molecule has 0 radical (unpaired) electrons. The van der Waals surface area contributed by atoms with Gasteiger partial charge in [0.2, 0.25) is 5.91 Å². The van der Waals surface area contributed by atoms with Crippen molar-refractivity contribution in [3.63, 3.8) is 0 Å². The first kappa shape index (κ1) is 22.9. The Bertz CT molecular complexity index is 1120. The molecule has 5 rings (SSSR count). The van der Waals surface area contributed by atoms with Gasteiger partial charge in [-0.05, 0) is 103 Å². The van der Waals surface area contributed by atoms with E-state index in [4.69, 9.17) is 14.2 Å². The number of hydrogen-bond donors (Lipinski definition) is 1. The molecule has 1 unspecified atom stereocenters. The maximum atomic E-state index is 13.1. The highest BCUT2D eigenvalue weighted by Gasteiger charge is 2.36. The number of nitrogens with one attached hydrogen (secondary N) is 1. The average Bonchev–Trinajstić information content (AvgIpc) is 3.74. The minimum atomic E-state index is -0.570. The van der Waals surface area contributed by atoms with E-state index in [9.17, 15) is 9.59 Å². The van der Waals surface area contributed by atoms with Crippen molar-refractivity contribution in [2.75, 3.05) is 25.6 Å². The van der Waals surface area contributed by atoms with Crippen LogP contribution in [0.15, 0.2) is 24.3 Å². The molecule has 180 valence electrons. The van der Waals surface area contributed by atoms with Crippen LogP contribution in [0.1, 0.15) is 73.1 Å². The summed E-state index contributed by atoms with van der Waals surface area (Å²) in [6, 6.07) is 8.48. The number of aryl methyl sites for hydroxylation is 1. The topological polar surface area (TPSA) is 73.9 Å². The summed E-state index contributed by atoms with van der Waals surface area (Å²) in [5, 5.41) is 3.00. The van der Waals surface area contributed by atoms with Gasteiger partial charge in [0.15, 0.2) is 0 Å². The van der Waals surface area contributed by atoms with Crippen molar-refractivity contribution in [3.8, 4) is 16.9 Å². The predicted molar refractivity (Wildman–Crippen MR) is 130 cm³/mol. The Morgan fingerprint density at radius 2 is 1.97 bits per heavy atom. The van der Waals surface area contributed by atoms with Crippen LogP contribution in [0.25, 0.3) is 11.1 Å². The van der Waals surface area contributed by atoms with Crippen molar-refractivity contribution in [2.24, 2.45) is 0 Å². The molecule has 0 spiro atoms. The van der Waals surface area contributed by atoms with E-state index in [1.165, 1.54) is 25.2 Å². The fraction of sp³-hybridized carbons (Fsp3) is 0.500. The van der Waals surface area contributed by atoms with Gasteiger partial charge in [0.1, 0.15) is 11.7 Å². The van der Waals surface area contributed by atoms with Gasteiger partial charge in [-0.25, -0.2) is 0 Å². The second kappa shape index (κ2) is 9.41. The van der Waals surface area contributed by atoms with Crippen LogP contribution in [-0.4, -0.2) is 38.3 Å². The molecule has 0 saturated heterocycles. The van der Waals surface area contributed by atoms with Crippen LogP contribution in [-0.2, 0) is 25.5 Å². The number of carbonyl (C=O) groups is 2. The van der Waals surface area contributed by atoms with Crippen molar-refractivity contribution in [3.05, 3.63) is 46.5 Å². The normalized spacial score (nSPS) is 18.0. The van der Waals surface area contributed by atoms with Crippen LogP contribution < -0.4 is 10.1 Å². The van der Waals surface area contributed by atoms with Crippen molar-refractivity contribution < 1.29 is 23.8 Å². The Labute approximate surface area is 201 Å². The summed E-state index contributed by atoms with van der Waals surface area (Å²) in [6.07, 6.45) is 6.46. The number of amides is 1. The maximum Gasteiger partial charge on any atom is 0.315 e. The molecule has 2 aromatic carbocycles. The molecule has 1 N–H and O–H groups in total. The number of carbonyl (C=O) groups excluding carboxylic acids is 2. The molecule has 0 bridgehead atoms. The molecule has 1 amide bonds. The zero-order chi connectivity index (χ0) is 23.8. The minimum absolute atomic E-state index is 0.127. The van der Waals surface area contributed by atoms with E-state index < -0.39 is 5.92 Å².